The highest BCUT2D eigenvalue weighted by Crippen LogP contribution is 2.26. The number of methoxy groups -OCH3 is 1. The molecule has 1 atom stereocenters. The lowest BCUT2D eigenvalue weighted by atomic mass is 10.1. The summed E-state index contributed by atoms with van der Waals surface area (Å²) in [5.74, 6) is -1.58. The maximum atomic E-state index is 12.6. The van der Waals surface area contributed by atoms with E-state index in [2.05, 4.69) is 0 Å². The van der Waals surface area contributed by atoms with Gasteiger partial charge in [0.25, 0.3) is 0 Å². The molecule has 1 saturated heterocycles. The van der Waals surface area contributed by atoms with Crippen LogP contribution in [-0.2, 0) is 26.2 Å². The molecule has 2 rings (SSSR count). The van der Waals surface area contributed by atoms with E-state index in [0.29, 0.717) is 12.0 Å². The lowest BCUT2D eigenvalue weighted by Gasteiger charge is -2.18. The van der Waals surface area contributed by atoms with Gasteiger partial charge in [0.2, 0.25) is 10.0 Å². The summed E-state index contributed by atoms with van der Waals surface area (Å²) in [5.41, 5.74) is 0.578. The third-order valence-electron chi connectivity index (χ3n) is 3.39. The van der Waals surface area contributed by atoms with Gasteiger partial charge < -0.3 is 9.84 Å². The third-order valence-corrected chi connectivity index (χ3v) is 5.36. The van der Waals surface area contributed by atoms with Crippen molar-refractivity contribution in [2.45, 2.75) is 17.9 Å². The number of nitrogens with zero attached hydrogens (tertiary/aromatic N) is 1. The van der Waals surface area contributed by atoms with Gasteiger partial charge in [-0.25, -0.2) is 8.42 Å². The molecule has 0 amide bonds. The summed E-state index contributed by atoms with van der Waals surface area (Å²) in [6.07, 6.45) is 0.348. The minimum atomic E-state index is -3.67. The van der Waals surface area contributed by atoms with Gasteiger partial charge in [-0.1, -0.05) is 18.2 Å². The highest BCUT2D eigenvalue weighted by molar-refractivity contribution is 7.89. The number of carboxylic acid groups (broad SMARTS) is 1. The van der Waals surface area contributed by atoms with Gasteiger partial charge in [0.15, 0.2) is 0 Å². The molecule has 0 saturated carbocycles. The van der Waals surface area contributed by atoms with Crippen LogP contribution in [-0.4, -0.2) is 44.0 Å². The van der Waals surface area contributed by atoms with Crippen molar-refractivity contribution in [3.63, 3.8) is 0 Å². The Labute approximate surface area is 118 Å². The summed E-state index contributed by atoms with van der Waals surface area (Å²) >= 11 is 0. The average Bonchev–Trinajstić information content (AvgIpc) is 2.90. The Bertz CT molecular complexity index is 599. The minimum Gasteiger partial charge on any atom is -0.481 e. The lowest BCUT2D eigenvalue weighted by molar-refractivity contribution is -0.141. The van der Waals surface area contributed by atoms with Crippen LogP contribution in [0.1, 0.15) is 12.0 Å². The van der Waals surface area contributed by atoms with Crippen molar-refractivity contribution in [3.05, 3.63) is 29.8 Å². The van der Waals surface area contributed by atoms with Crippen molar-refractivity contribution in [2.75, 3.05) is 20.2 Å². The van der Waals surface area contributed by atoms with Crippen LogP contribution in [0.5, 0.6) is 0 Å². The fourth-order valence-corrected chi connectivity index (χ4v) is 4.03. The van der Waals surface area contributed by atoms with Crippen molar-refractivity contribution in [2.24, 2.45) is 5.92 Å². The summed E-state index contributed by atoms with van der Waals surface area (Å²) in [7, 11) is -2.17. The molecule has 1 aromatic carbocycles. The van der Waals surface area contributed by atoms with E-state index in [1.807, 2.05) is 0 Å². The molecule has 6 nitrogen and oxygen atoms in total. The van der Waals surface area contributed by atoms with Gasteiger partial charge in [-0.05, 0) is 18.1 Å². The van der Waals surface area contributed by atoms with Crippen molar-refractivity contribution >= 4 is 16.0 Å². The van der Waals surface area contributed by atoms with E-state index in [-0.39, 0.29) is 24.6 Å². The average molecular weight is 299 g/mol. The molecule has 0 spiro atoms. The van der Waals surface area contributed by atoms with E-state index in [9.17, 15) is 13.2 Å². The van der Waals surface area contributed by atoms with Crippen LogP contribution in [0.2, 0.25) is 0 Å². The Morgan fingerprint density at radius 3 is 2.75 bits per heavy atom. The zero-order valence-corrected chi connectivity index (χ0v) is 12.0. The van der Waals surface area contributed by atoms with Crippen LogP contribution in [0.25, 0.3) is 0 Å². The Morgan fingerprint density at radius 2 is 2.15 bits per heavy atom. The number of carbonyl (C=O) groups is 1. The number of carboxylic acids is 1. The number of hydrogen-bond donors (Lipinski definition) is 1. The standard InChI is InChI=1S/C13H17NO5S/c1-19-9-11-4-2-3-5-12(11)20(17,18)14-7-6-10(8-14)13(15)16/h2-5,10H,6-9H2,1H3,(H,15,16). The maximum Gasteiger partial charge on any atom is 0.307 e. The predicted octanol–water partition coefficient (Wildman–Crippen LogP) is 0.928. The van der Waals surface area contributed by atoms with Crippen molar-refractivity contribution in [1.29, 1.82) is 0 Å². The van der Waals surface area contributed by atoms with Crippen LogP contribution < -0.4 is 0 Å². The number of sulfonamides is 1. The highest BCUT2D eigenvalue weighted by atomic mass is 32.2. The molecule has 1 aromatic rings. The second-order valence-electron chi connectivity index (χ2n) is 4.73. The molecule has 7 heteroatoms. The molecule has 0 aliphatic carbocycles. The molecule has 1 N–H and O–H groups in total. The maximum absolute atomic E-state index is 12.6. The Balaban J connectivity index is 2.30. The van der Waals surface area contributed by atoms with Crippen LogP contribution in [0.4, 0.5) is 0 Å². The zero-order valence-electron chi connectivity index (χ0n) is 11.2. The molecule has 0 bridgehead atoms. The summed E-state index contributed by atoms with van der Waals surface area (Å²) in [6, 6.07) is 6.62. The number of benzene rings is 1. The van der Waals surface area contributed by atoms with Gasteiger partial charge in [0.05, 0.1) is 17.4 Å². The second kappa shape index (κ2) is 5.90. The number of aliphatic carboxylic acids is 1. The molecule has 1 fully saturated rings. The van der Waals surface area contributed by atoms with E-state index in [4.69, 9.17) is 9.84 Å². The van der Waals surface area contributed by atoms with Crippen molar-refractivity contribution in [1.82, 2.24) is 4.31 Å². The van der Waals surface area contributed by atoms with Gasteiger partial charge in [-0.15, -0.1) is 0 Å². The van der Waals surface area contributed by atoms with Crippen molar-refractivity contribution in [3.8, 4) is 0 Å². The quantitative estimate of drug-likeness (QED) is 0.874. The Hall–Kier alpha value is -1.44. The summed E-state index contributed by atoms with van der Waals surface area (Å²) in [5, 5.41) is 8.96. The summed E-state index contributed by atoms with van der Waals surface area (Å²) in [4.78, 5) is 11.1. The molecule has 110 valence electrons. The molecule has 1 aliphatic rings. The minimum absolute atomic E-state index is 0.0268. The van der Waals surface area contributed by atoms with Gasteiger partial charge in [-0.2, -0.15) is 4.31 Å². The molecule has 1 heterocycles. The second-order valence-corrected chi connectivity index (χ2v) is 6.63. The van der Waals surface area contributed by atoms with E-state index in [1.165, 1.54) is 17.5 Å². The Kier molecular flexibility index (Phi) is 4.42. The smallest absolute Gasteiger partial charge is 0.307 e. The largest absolute Gasteiger partial charge is 0.481 e. The predicted molar refractivity (Wildman–Crippen MR) is 71.7 cm³/mol. The van der Waals surface area contributed by atoms with Crippen LogP contribution in [0, 0.1) is 5.92 Å². The van der Waals surface area contributed by atoms with Gasteiger partial charge in [0.1, 0.15) is 0 Å². The molecule has 0 aromatic heterocycles. The van der Waals surface area contributed by atoms with E-state index in [1.54, 1.807) is 18.2 Å². The Morgan fingerprint density at radius 1 is 1.45 bits per heavy atom. The molecule has 0 radical (unpaired) electrons. The molecular formula is C13H17NO5S. The zero-order chi connectivity index (χ0) is 14.8. The topological polar surface area (TPSA) is 83.9 Å². The first-order chi connectivity index (χ1) is 9.46. The molecule has 20 heavy (non-hydrogen) atoms. The SMILES string of the molecule is COCc1ccccc1S(=O)(=O)N1CCC(C(=O)O)C1. The summed E-state index contributed by atoms with van der Waals surface area (Å²) in [6.45, 7) is 0.463. The highest BCUT2D eigenvalue weighted by Gasteiger charge is 2.36. The fraction of sp³-hybridized carbons (Fsp3) is 0.462. The van der Waals surface area contributed by atoms with Gasteiger partial charge in [-0.3, -0.25) is 4.79 Å². The number of hydrogen-bond acceptors (Lipinski definition) is 4. The number of rotatable bonds is 5. The summed E-state index contributed by atoms with van der Waals surface area (Å²) < 4.78 is 31.4. The third kappa shape index (κ3) is 2.84. The van der Waals surface area contributed by atoms with Gasteiger partial charge >= 0.3 is 5.97 Å². The van der Waals surface area contributed by atoms with Crippen molar-refractivity contribution < 1.29 is 23.1 Å². The first-order valence-corrected chi connectivity index (χ1v) is 7.70. The molecular weight excluding hydrogens is 282 g/mol. The normalized spacial score (nSPS) is 20.1. The van der Waals surface area contributed by atoms with Gasteiger partial charge in [0, 0.05) is 20.2 Å². The van der Waals surface area contributed by atoms with E-state index in [0.717, 1.165) is 0 Å². The first-order valence-electron chi connectivity index (χ1n) is 6.26. The monoisotopic (exact) mass is 299 g/mol. The molecule has 1 aliphatic heterocycles. The van der Waals surface area contributed by atoms with Crippen LogP contribution >= 0.6 is 0 Å². The van der Waals surface area contributed by atoms with Crippen LogP contribution in [0.3, 0.4) is 0 Å². The van der Waals surface area contributed by atoms with Crippen LogP contribution in [0.15, 0.2) is 29.2 Å². The molecule has 1 unspecified atom stereocenters. The number of ether oxygens (including phenoxy) is 1. The van der Waals surface area contributed by atoms with E-state index >= 15 is 0 Å². The lowest BCUT2D eigenvalue weighted by Crippen LogP contribution is -2.30. The van der Waals surface area contributed by atoms with E-state index < -0.39 is 21.9 Å². The fourth-order valence-electron chi connectivity index (χ4n) is 2.32. The first kappa shape index (κ1) is 15.0.